The molecule has 0 aromatic heterocycles. The van der Waals surface area contributed by atoms with Gasteiger partial charge in [-0.05, 0) is 18.6 Å². The number of aliphatic hydroxyl groups excluding tert-OH is 1. The van der Waals surface area contributed by atoms with Gasteiger partial charge in [0.1, 0.15) is 0 Å². The molecule has 1 aliphatic carbocycles. The highest BCUT2D eigenvalue weighted by atomic mass is 32.2. The quantitative estimate of drug-likeness (QED) is 0.625. The second kappa shape index (κ2) is 7.50. The fraction of sp³-hybridized carbons (Fsp3) is 0.438. The molecular formula is C16H21NO2S. The maximum absolute atomic E-state index is 12.1. The molecule has 0 saturated carbocycles. The van der Waals surface area contributed by atoms with Crippen LogP contribution in [0.2, 0.25) is 0 Å². The molecule has 1 aromatic carbocycles. The number of nitrogens with one attached hydrogen (secondary N) is 1. The van der Waals surface area contributed by atoms with Gasteiger partial charge in [-0.1, -0.05) is 37.3 Å². The lowest BCUT2D eigenvalue weighted by Gasteiger charge is -2.16. The Morgan fingerprint density at radius 3 is 2.80 bits per heavy atom. The summed E-state index contributed by atoms with van der Waals surface area (Å²) in [6.07, 6.45) is 4.77. The molecule has 0 fully saturated rings. The highest BCUT2D eigenvalue weighted by Gasteiger charge is 2.22. The molecule has 108 valence electrons. The van der Waals surface area contributed by atoms with E-state index in [1.165, 1.54) is 4.90 Å². The highest BCUT2D eigenvalue weighted by Crippen LogP contribution is 2.21. The molecule has 1 amide bonds. The Kier molecular flexibility index (Phi) is 5.68. The van der Waals surface area contributed by atoms with Gasteiger partial charge in [-0.15, -0.1) is 11.8 Å². The molecule has 1 aliphatic rings. The van der Waals surface area contributed by atoms with Gasteiger partial charge in [0.15, 0.2) is 0 Å². The molecule has 20 heavy (non-hydrogen) atoms. The van der Waals surface area contributed by atoms with Crippen LogP contribution in [0.1, 0.15) is 13.3 Å². The minimum Gasteiger partial charge on any atom is -0.396 e. The maximum Gasteiger partial charge on any atom is 0.224 e. The maximum atomic E-state index is 12.1. The number of thioether (sulfide) groups is 1. The lowest BCUT2D eigenvalue weighted by Crippen LogP contribution is -2.37. The first-order chi connectivity index (χ1) is 9.69. The molecule has 2 rings (SSSR count). The summed E-state index contributed by atoms with van der Waals surface area (Å²) in [6, 6.07) is 10.2. The van der Waals surface area contributed by atoms with E-state index in [4.69, 9.17) is 5.11 Å². The van der Waals surface area contributed by atoms with Crippen molar-refractivity contribution in [3.05, 3.63) is 42.5 Å². The standard InChI is InChI=1S/C16H21NO2S/c1-12(11-20-15-5-3-2-4-6-15)16(19)17-14-8-7-13(9-14)10-18/h2-8,12-14,18H,9-11H2,1H3,(H,17,19)/t12?,13-,14+/m0/s1. The van der Waals surface area contributed by atoms with Crippen molar-refractivity contribution in [1.82, 2.24) is 5.32 Å². The lowest BCUT2D eigenvalue weighted by molar-refractivity contribution is -0.124. The summed E-state index contributed by atoms with van der Waals surface area (Å²) in [6.45, 7) is 2.11. The molecule has 0 spiro atoms. The fourth-order valence-corrected chi connectivity index (χ4v) is 3.10. The zero-order chi connectivity index (χ0) is 14.4. The lowest BCUT2D eigenvalue weighted by atomic mass is 10.1. The minimum atomic E-state index is -0.0261. The number of amides is 1. The van der Waals surface area contributed by atoms with E-state index in [-0.39, 0.29) is 30.4 Å². The minimum absolute atomic E-state index is 0.0261. The summed E-state index contributed by atoms with van der Waals surface area (Å²) in [5.74, 6) is 1.02. The van der Waals surface area contributed by atoms with Crippen molar-refractivity contribution in [2.75, 3.05) is 12.4 Å². The summed E-state index contributed by atoms with van der Waals surface area (Å²) in [5.41, 5.74) is 0. The third-order valence-corrected chi connectivity index (χ3v) is 4.70. The molecular weight excluding hydrogens is 270 g/mol. The first-order valence-electron chi connectivity index (χ1n) is 6.96. The molecule has 0 heterocycles. The Labute approximate surface area is 124 Å². The molecule has 1 aromatic rings. The molecule has 4 heteroatoms. The third kappa shape index (κ3) is 4.39. The van der Waals surface area contributed by atoms with Crippen LogP contribution in [0, 0.1) is 11.8 Å². The monoisotopic (exact) mass is 291 g/mol. The van der Waals surface area contributed by atoms with Crippen LogP contribution in [-0.4, -0.2) is 29.4 Å². The molecule has 2 N–H and O–H groups in total. The van der Waals surface area contributed by atoms with E-state index in [1.807, 2.05) is 37.3 Å². The number of hydrogen-bond acceptors (Lipinski definition) is 3. The number of hydrogen-bond donors (Lipinski definition) is 2. The molecule has 0 saturated heterocycles. The van der Waals surface area contributed by atoms with Crippen molar-refractivity contribution in [2.45, 2.75) is 24.3 Å². The predicted octanol–water partition coefficient (Wildman–Crippen LogP) is 2.47. The van der Waals surface area contributed by atoms with Crippen LogP contribution in [0.3, 0.4) is 0 Å². The van der Waals surface area contributed by atoms with Crippen LogP contribution in [0.25, 0.3) is 0 Å². The Bertz CT molecular complexity index is 461. The van der Waals surface area contributed by atoms with Gasteiger partial charge < -0.3 is 10.4 Å². The van der Waals surface area contributed by atoms with E-state index in [9.17, 15) is 4.79 Å². The zero-order valence-corrected chi connectivity index (χ0v) is 12.5. The third-order valence-electron chi connectivity index (χ3n) is 3.43. The number of carbonyl (C=O) groups excluding carboxylic acids is 1. The van der Waals surface area contributed by atoms with Gasteiger partial charge >= 0.3 is 0 Å². The van der Waals surface area contributed by atoms with E-state index in [2.05, 4.69) is 17.4 Å². The largest absolute Gasteiger partial charge is 0.396 e. The van der Waals surface area contributed by atoms with Gasteiger partial charge in [-0.3, -0.25) is 4.79 Å². The Morgan fingerprint density at radius 2 is 2.15 bits per heavy atom. The molecule has 0 aliphatic heterocycles. The Hall–Kier alpha value is -1.26. The van der Waals surface area contributed by atoms with Crippen molar-refractivity contribution < 1.29 is 9.90 Å². The van der Waals surface area contributed by atoms with E-state index >= 15 is 0 Å². The number of aliphatic hydroxyl groups is 1. The zero-order valence-electron chi connectivity index (χ0n) is 11.7. The van der Waals surface area contributed by atoms with Crippen molar-refractivity contribution >= 4 is 17.7 Å². The van der Waals surface area contributed by atoms with Crippen molar-refractivity contribution in [3.8, 4) is 0 Å². The second-order valence-corrected chi connectivity index (χ2v) is 6.30. The topological polar surface area (TPSA) is 49.3 Å². The second-order valence-electron chi connectivity index (χ2n) is 5.20. The molecule has 0 bridgehead atoms. The van der Waals surface area contributed by atoms with Crippen LogP contribution >= 0.6 is 11.8 Å². The molecule has 1 unspecified atom stereocenters. The predicted molar refractivity (Wildman–Crippen MR) is 82.6 cm³/mol. The average Bonchev–Trinajstić information content (AvgIpc) is 2.93. The van der Waals surface area contributed by atoms with Gasteiger partial charge in [-0.25, -0.2) is 0 Å². The van der Waals surface area contributed by atoms with E-state index in [0.717, 1.165) is 12.2 Å². The Morgan fingerprint density at radius 1 is 1.40 bits per heavy atom. The van der Waals surface area contributed by atoms with Gasteiger partial charge in [0, 0.05) is 35.1 Å². The fourth-order valence-electron chi connectivity index (χ4n) is 2.16. The van der Waals surface area contributed by atoms with Crippen LogP contribution in [0.15, 0.2) is 47.4 Å². The van der Waals surface area contributed by atoms with Crippen LogP contribution in [0.5, 0.6) is 0 Å². The van der Waals surface area contributed by atoms with Crippen LogP contribution in [0.4, 0.5) is 0 Å². The van der Waals surface area contributed by atoms with Crippen LogP contribution in [-0.2, 0) is 4.79 Å². The molecule has 3 nitrogen and oxygen atoms in total. The number of carbonyl (C=O) groups is 1. The highest BCUT2D eigenvalue weighted by molar-refractivity contribution is 7.99. The SMILES string of the molecule is CC(CSc1ccccc1)C(=O)N[C@@H]1C=C[C@H](CO)C1. The van der Waals surface area contributed by atoms with E-state index < -0.39 is 0 Å². The van der Waals surface area contributed by atoms with Gasteiger partial charge in [0.25, 0.3) is 0 Å². The summed E-state index contributed by atoms with van der Waals surface area (Å²) in [5, 5.41) is 12.1. The smallest absolute Gasteiger partial charge is 0.224 e. The summed E-state index contributed by atoms with van der Waals surface area (Å²) in [4.78, 5) is 13.3. The van der Waals surface area contributed by atoms with Crippen LogP contribution < -0.4 is 5.32 Å². The van der Waals surface area contributed by atoms with Crippen molar-refractivity contribution in [3.63, 3.8) is 0 Å². The summed E-state index contributed by atoms with van der Waals surface area (Å²) >= 11 is 1.70. The van der Waals surface area contributed by atoms with E-state index in [0.29, 0.717) is 0 Å². The van der Waals surface area contributed by atoms with Gasteiger partial charge in [0.2, 0.25) is 5.91 Å². The Balaban J connectivity index is 1.74. The normalized spacial score (nSPS) is 22.7. The van der Waals surface area contributed by atoms with Crippen molar-refractivity contribution in [2.24, 2.45) is 11.8 Å². The van der Waals surface area contributed by atoms with Gasteiger partial charge in [0.05, 0.1) is 0 Å². The molecule has 0 radical (unpaired) electrons. The number of benzene rings is 1. The first-order valence-corrected chi connectivity index (χ1v) is 7.95. The summed E-state index contributed by atoms with van der Waals surface area (Å²) < 4.78 is 0. The average molecular weight is 291 g/mol. The summed E-state index contributed by atoms with van der Waals surface area (Å²) in [7, 11) is 0. The molecule has 3 atom stereocenters. The van der Waals surface area contributed by atoms with Crippen molar-refractivity contribution in [1.29, 1.82) is 0 Å². The van der Waals surface area contributed by atoms with E-state index in [1.54, 1.807) is 11.8 Å². The number of rotatable bonds is 6. The van der Waals surface area contributed by atoms with Gasteiger partial charge in [-0.2, -0.15) is 0 Å². The first kappa shape index (κ1) is 15.1.